The maximum Gasteiger partial charge on any atom is 0.0261 e. The Bertz CT molecular complexity index is 132. The maximum absolute atomic E-state index is 3.96. The van der Waals surface area contributed by atoms with Crippen LogP contribution in [0, 0.1) is 0 Å². The minimum atomic E-state index is 1.06. The first-order chi connectivity index (χ1) is 4.31. The van der Waals surface area contributed by atoms with Gasteiger partial charge in [-0.25, -0.2) is 0 Å². The zero-order chi connectivity index (χ0) is 7.11. The first kappa shape index (κ1) is 8.15. The highest BCUT2D eigenvalue weighted by atomic mass is 14.7. The van der Waals surface area contributed by atoms with Crippen molar-refractivity contribution in [3.63, 3.8) is 0 Å². The molecule has 0 radical (unpaired) electrons. The summed E-state index contributed by atoms with van der Waals surface area (Å²) in [4.78, 5) is 3.96. The fourth-order valence-electron chi connectivity index (χ4n) is 0.322. The van der Waals surface area contributed by atoms with Crippen LogP contribution in [0.3, 0.4) is 0 Å². The van der Waals surface area contributed by atoms with Crippen LogP contribution in [0.15, 0.2) is 29.4 Å². The van der Waals surface area contributed by atoms with Gasteiger partial charge in [-0.3, -0.25) is 4.99 Å². The lowest BCUT2D eigenvalue weighted by molar-refractivity contribution is 1.09. The fraction of sp³-hybridized carbons (Fsp3) is 0.375. The Balaban J connectivity index is 3.67. The quantitative estimate of drug-likeness (QED) is 0.511. The standard InChI is InChI=1S/C8H13N/c1-4-6-9-7-8(3)5-2/h4,6-7H,1,5H2,2-3H3/b8-7-,9-6?. The van der Waals surface area contributed by atoms with E-state index in [-0.39, 0.29) is 0 Å². The molecule has 0 spiro atoms. The summed E-state index contributed by atoms with van der Waals surface area (Å²) in [6.07, 6.45) is 6.26. The summed E-state index contributed by atoms with van der Waals surface area (Å²) in [6.45, 7) is 7.67. The zero-order valence-electron chi connectivity index (χ0n) is 6.09. The Morgan fingerprint density at radius 1 is 1.67 bits per heavy atom. The molecule has 0 saturated carbocycles. The number of aliphatic imine (C=N–C) groups is 1. The second kappa shape index (κ2) is 5.29. The van der Waals surface area contributed by atoms with Gasteiger partial charge in [0.2, 0.25) is 0 Å². The minimum absolute atomic E-state index is 1.06. The third-order valence-corrected chi connectivity index (χ3v) is 1.04. The van der Waals surface area contributed by atoms with Crippen molar-refractivity contribution >= 4 is 6.21 Å². The van der Waals surface area contributed by atoms with Crippen molar-refractivity contribution in [2.24, 2.45) is 4.99 Å². The SMILES string of the molecule is C=CC=N/C=C(/C)CC. The van der Waals surface area contributed by atoms with Gasteiger partial charge in [-0.05, 0) is 13.3 Å². The largest absolute Gasteiger partial charge is 0.265 e. The van der Waals surface area contributed by atoms with Gasteiger partial charge in [-0.1, -0.05) is 25.2 Å². The van der Waals surface area contributed by atoms with Crippen molar-refractivity contribution in [3.05, 3.63) is 24.4 Å². The molecule has 0 aliphatic rings. The summed E-state index contributed by atoms with van der Waals surface area (Å²) in [7, 11) is 0. The van der Waals surface area contributed by atoms with Gasteiger partial charge in [0.1, 0.15) is 0 Å². The number of nitrogens with zero attached hydrogens (tertiary/aromatic N) is 1. The second-order valence-corrected chi connectivity index (χ2v) is 1.86. The number of rotatable bonds is 3. The van der Waals surface area contributed by atoms with Crippen molar-refractivity contribution < 1.29 is 0 Å². The molecule has 0 aromatic heterocycles. The van der Waals surface area contributed by atoms with Crippen molar-refractivity contribution in [1.29, 1.82) is 0 Å². The molecule has 1 heteroatoms. The Hall–Kier alpha value is -0.850. The molecule has 0 atom stereocenters. The van der Waals surface area contributed by atoms with Gasteiger partial charge in [0.05, 0.1) is 0 Å². The van der Waals surface area contributed by atoms with Gasteiger partial charge in [-0.15, -0.1) is 0 Å². The Kier molecular flexibility index (Phi) is 4.79. The molecule has 50 valence electrons. The Morgan fingerprint density at radius 2 is 2.33 bits per heavy atom. The van der Waals surface area contributed by atoms with Crippen LogP contribution in [-0.2, 0) is 0 Å². The van der Waals surface area contributed by atoms with E-state index in [1.165, 1.54) is 5.57 Å². The van der Waals surface area contributed by atoms with Gasteiger partial charge < -0.3 is 0 Å². The van der Waals surface area contributed by atoms with E-state index >= 15 is 0 Å². The normalized spacial score (nSPS) is 12.4. The average Bonchev–Trinajstić information content (AvgIpc) is 1.89. The van der Waals surface area contributed by atoms with E-state index in [2.05, 4.69) is 25.4 Å². The highest BCUT2D eigenvalue weighted by Crippen LogP contribution is 1.96. The third kappa shape index (κ3) is 5.01. The minimum Gasteiger partial charge on any atom is -0.265 e. The van der Waals surface area contributed by atoms with E-state index in [0.717, 1.165) is 6.42 Å². The number of allylic oxidation sites excluding steroid dienone is 2. The lowest BCUT2D eigenvalue weighted by Crippen LogP contribution is -1.68. The molecular weight excluding hydrogens is 110 g/mol. The summed E-state index contributed by atoms with van der Waals surface area (Å²) in [5, 5.41) is 0. The highest BCUT2D eigenvalue weighted by Gasteiger charge is 1.76. The van der Waals surface area contributed by atoms with Crippen LogP contribution in [0.4, 0.5) is 0 Å². The molecule has 0 aromatic carbocycles. The molecule has 0 unspecified atom stereocenters. The van der Waals surface area contributed by atoms with Gasteiger partial charge >= 0.3 is 0 Å². The van der Waals surface area contributed by atoms with E-state index in [1.54, 1.807) is 12.3 Å². The molecule has 0 rings (SSSR count). The van der Waals surface area contributed by atoms with Gasteiger partial charge in [0.25, 0.3) is 0 Å². The fourth-order valence-corrected chi connectivity index (χ4v) is 0.322. The van der Waals surface area contributed by atoms with Crippen LogP contribution >= 0.6 is 0 Å². The summed E-state index contributed by atoms with van der Waals surface area (Å²) in [6, 6.07) is 0. The lowest BCUT2D eigenvalue weighted by atomic mass is 10.3. The molecule has 0 saturated heterocycles. The van der Waals surface area contributed by atoms with Crippen molar-refractivity contribution in [1.82, 2.24) is 0 Å². The van der Waals surface area contributed by atoms with Gasteiger partial charge in [0.15, 0.2) is 0 Å². The van der Waals surface area contributed by atoms with E-state index < -0.39 is 0 Å². The molecule has 0 amide bonds. The van der Waals surface area contributed by atoms with Crippen molar-refractivity contribution in [2.45, 2.75) is 20.3 Å². The molecule has 0 bridgehead atoms. The van der Waals surface area contributed by atoms with Crippen LogP contribution in [0.25, 0.3) is 0 Å². The average molecular weight is 123 g/mol. The van der Waals surface area contributed by atoms with E-state index in [1.807, 2.05) is 6.20 Å². The molecule has 0 heterocycles. The van der Waals surface area contributed by atoms with Crippen molar-refractivity contribution in [2.75, 3.05) is 0 Å². The summed E-state index contributed by atoms with van der Waals surface area (Å²) in [5.41, 5.74) is 1.29. The number of hydrogen-bond donors (Lipinski definition) is 0. The summed E-state index contributed by atoms with van der Waals surface area (Å²) < 4.78 is 0. The van der Waals surface area contributed by atoms with Crippen LogP contribution in [0.1, 0.15) is 20.3 Å². The van der Waals surface area contributed by atoms with E-state index in [0.29, 0.717) is 0 Å². The molecule has 0 N–H and O–H groups in total. The van der Waals surface area contributed by atoms with Crippen LogP contribution in [0.5, 0.6) is 0 Å². The zero-order valence-corrected chi connectivity index (χ0v) is 6.09. The molecular formula is C8H13N. The molecule has 1 nitrogen and oxygen atoms in total. The Labute approximate surface area is 56.8 Å². The number of hydrogen-bond acceptors (Lipinski definition) is 1. The van der Waals surface area contributed by atoms with Crippen LogP contribution < -0.4 is 0 Å². The first-order valence-corrected chi connectivity index (χ1v) is 3.11. The van der Waals surface area contributed by atoms with Gasteiger partial charge in [-0.2, -0.15) is 0 Å². The third-order valence-electron chi connectivity index (χ3n) is 1.04. The second-order valence-electron chi connectivity index (χ2n) is 1.86. The van der Waals surface area contributed by atoms with Crippen LogP contribution in [0.2, 0.25) is 0 Å². The molecule has 0 aliphatic heterocycles. The van der Waals surface area contributed by atoms with Gasteiger partial charge in [0, 0.05) is 12.4 Å². The van der Waals surface area contributed by atoms with Crippen molar-refractivity contribution in [3.8, 4) is 0 Å². The summed E-state index contributed by atoms with van der Waals surface area (Å²) >= 11 is 0. The highest BCUT2D eigenvalue weighted by molar-refractivity contribution is 5.70. The molecule has 0 fully saturated rings. The predicted molar refractivity (Wildman–Crippen MR) is 42.7 cm³/mol. The maximum atomic E-state index is 3.96. The lowest BCUT2D eigenvalue weighted by Gasteiger charge is -1.86. The smallest absolute Gasteiger partial charge is 0.0261 e. The predicted octanol–water partition coefficient (Wildman–Crippen LogP) is 2.56. The monoisotopic (exact) mass is 123 g/mol. The van der Waals surface area contributed by atoms with Crippen LogP contribution in [-0.4, -0.2) is 6.21 Å². The first-order valence-electron chi connectivity index (χ1n) is 3.11. The Morgan fingerprint density at radius 3 is 2.78 bits per heavy atom. The van der Waals surface area contributed by atoms with E-state index in [4.69, 9.17) is 0 Å². The molecule has 9 heavy (non-hydrogen) atoms. The molecule has 0 aliphatic carbocycles. The summed E-state index contributed by atoms with van der Waals surface area (Å²) in [5.74, 6) is 0. The molecule has 0 aromatic rings. The topological polar surface area (TPSA) is 12.4 Å². The van der Waals surface area contributed by atoms with E-state index in [9.17, 15) is 0 Å².